The molecule has 0 aromatic heterocycles. The average molecular weight is 558 g/mol. The fourth-order valence-corrected chi connectivity index (χ4v) is 4.83. The van der Waals surface area contributed by atoms with Crippen LogP contribution in [0.2, 0.25) is 0 Å². The van der Waals surface area contributed by atoms with E-state index in [1.54, 1.807) is 12.1 Å². The third-order valence-corrected chi connectivity index (χ3v) is 7.04. The van der Waals surface area contributed by atoms with Crippen molar-refractivity contribution in [1.82, 2.24) is 15.1 Å². The van der Waals surface area contributed by atoms with E-state index >= 15 is 0 Å². The normalized spacial score (nSPS) is 17.3. The van der Waals surface area contributed by atoms with Gasteiger partial charge in [-0.3, -0.25) is 9.69 Å². The van der Waals surface area contributed by atoms with Crippen molar-refractivity contribution in [3.05, 3.63) is 77.6 Å². The first-order valence-corrected chi connectivity index (χ1v) is 13.9. The Kier molecular flexibility index (Phi) is 13.5. The minimum atomic E-state index is -0.207. The zero-order valence-corrected chi connectivity index (χ0v) is 24.1. The Labute approximate surface area is 238 Å². The van der Waals surface area contributed by atoms with Crippen molar-refractivity contribution in [1.29, 1.82) is 0 Å². The van der Waals surface area contributed by atoms with Crippen molar-refractivity contribution in [2.75, 3.05) is 80.0 Å². The molecule has 1 amide bonds. The van der Waals surface area contributed by atoms with Crippen molar-refractivity contribution >= 4 is 5.91 Å². The second-order valence-electron chi connectivity index (χ2n) is 10.1. The van der Waals surface area contributed by atoms with Crippen molar-refractivity contribution < 1.29 is 28.1 Å². The molecular formula is C31H44FN3O5. The van der Waals surface area contributed by atoms with Gasteiger partial charge in [-0.2, -0.15) is 0 Å². The molecule has 1 N–H and O–H groups in total. The molecule has 0 bridgehead atoms. The minimum absolute atomic E-state index is 0.128. The van der Waals surface area contributed by atoms with E-state index in [1.807, 2.05) is 25.1 Å². The molecule has 8 nitrogen and oxygen atoms in total. The van der Waals surface area contributed by atoms with E-state index in [2.05, 4.69) is 47.9 Å². The van der Waals surface area contributed by atoms with Crippen molar-refractivity contribution in [2.45, 2.75) is 25.4 Å². The number of nitrogens with zero attached hydrogens (tertiary/aromatic N) is 2. The summed E-state index contributed by atoms with van der Waals surface area (Å²) in [7, 11) is 4.22. The number of rotatable bonds is 18. The number of hydrogen-bond acceptors (Lipinski definition) is 7. The highest BCUT2D eigenvalue weighted by Crippen LogP contribution is 2.32. The van der Waals surface area contributed by atoms with Crippen LogP contribution in [-0.4, -0.2) is 102 Å². The van der Waals surface area contributed by atoms with Gasteiger partial charge in [0.05, 0.1) is 39.6 Å². The lowest BCUT2D eigenvalue weighted by Gasteiger charge is -2.25. The van der Waals surface area contributed by atoms with E-state index in [1.165, 1.54) is 11.6 Å². The van der Waals surface area contributed by atoms with E-state index in [0.29, 0.717) is 71.3 Å². The van der Waals surface area contributed by atoms with Crippen LogP contribution < -0.4 is 10.1 Å². The predicted octanol–water partition coefficient (Wildman–Crippen LogP) is 3.39. The monoisotopic (exact) mass is 557 g/mol. The van der Waals surface area contributed by atoms with Crippen LogP contribution in [0.1, 0.15) is 22.6 Å². The largest absolute Gasteiger partial charge is 0.491 e. The number of likely N-dealkylation sites (tertiary alicyclic amines) is 1. The molecule has 0 saturated carbocycles. The van der Waals surface area contributed by atoms with Crippen molar-refractivity contribution in [2.24, 2.45) is 0 Å². The minimum Gasteiger partial charge on any atom is -0.491 e. The highest BCUT2D eigenvalue weighted by molar-refractivity contribution is 5.86. The summed E-state index contributed by atoms with van der Waals surface area (Å²) in [5, 5.41) is 2.64. The van der Waals surface area contributed by atoms with Crippen LogP contribution in [0.3, 0.4) is 0 Å². The summed E-state index contributed by atoms with van der Waals surface area (Å²) in [6.07, 6.45) is 1.23. The van der Waals surface area contributed by atoms with Gasteiger partial charge in [-0.1, -0.05) is 30.8 Å². The van der Waals surface area contributed by atoms with Crippen LogP contribution >= 0.6 is 0 Å². The molecule has 1 aliphatic heterocycles. The van der Waals surface area contributed by atoms with E-state index in [4.69, 9.17) is 18.9 Å². The molecule has 40 heavy (non-hydrogen) atoms. The standard InChI is InChI=1S/C31H44FN3O5/c1-5-31(36)33-13-14-37-15-16-38-17-18-39-19-20-40-26-11-9-25(10-12-26)28-22-35(23-30(28)34(3)4)21-27-24(2)7-6-8-29(27)32/h5-12,28,30H,1,13-23H2,2-4H3,(H,33,36)/t28-,30+/m1/s1. The van der Waals surface area contributed by atoms with Gasteiger partial charge < -0.3 is 29.2 Å². The number of halogens is 1. The molecule has 9 heteroatoms. The average Bonchev–Trinajstić information content (AvgIpc) is 3.38. The number of carbonyl (C=O) groups is 1. The lowest BCUT2D eigenvalue weighted by molar-refractivity contribution is -0.116. The lowest BCUT2D eigenvalue weighted by atomic mass is 9.93. The molecule has 1 fully saturated rings. The van der Waals surface area contributed by atoms with Crippen LogP contribution in [0.15, 0.2) is 55.1 Å². The Morgan fingerprint density at radius 2 is 1.65 bits per heavy atom. The maximum Gasteiger partial charge on any atom is 0.243 e. The summed E-state index contributed by atoms with van der Waals surface area (Å²) >= 11 is 0. The van der Waals surface area contributed by atoms with Gasteiger partial charge in [0.1, 0.15) is 18.2 Å². The number of ether oxygens (including phenoxy) is 4. The van der Waals surface area contributed by atoms with Gasteiger partial charge in [0.2, 0.25) is 5.91 Å². The molecule has 1 heterocycles. The maximum absolute atomic E-state index is 14.4. The first-order chi connectivity index (χ1) is 19.4. The molecule has 3 rings (SSSR count). The molecule has 1 aliphatic rings. The molecule has 2 aromatic rings. The molecule has 2 atom stereocenters. The molecule has 2 aromatic carbocycles. The predicted molar refractivity (Wildman–Crippen MR) is 154 cm³/mol. The van der Waals surface area contributed by atoms with Gasteiger partial charge in [-0.25, -0.2) is 4.39 Å². The first-order valence-electron chi connectivity index (χ1n) is 13.9. The molecule has 220 valence electrons. The highest BCUT2D eigenvalue weighted by atomic mass is 19.1. The second-order valence-corrected chi connectivity index (χ2v) is 10.1. The van der Waals surface area contributed by atoms with Crippen LogP contribution in [0.25, 0.3) is 0 Å². The summed E-state index contributed by atoms with van der Waals surface area (Å²) < 4.78 is 36.7. The van der Waals surface area contributed by atoms with E-state index in [9.17, 15) is 9.18 Å². The number of aryl methyl sites for hydroxylation is 1. The maximum atomic E-state index is 14.4. The summed E-state index contributed by atoms with van der Waals surface area (Å²) in [5.74, 6) is 0.810. The summed E-state index contributed by atoms with van der Waals surface area (Å²) in [5.41, 5.74) is 3.05. The SMILES string of the molecule is C=CC(=O)NCCOCCOCCOCCOc1ccc([C@H]2CN(Cc3c(C)cccc3F)C[C@@H]2N(C)C)cc1. The van der Waals surface area contributed by atoms with Crippen LogP contribution in [0, 0.1) is 12.7 Å². The molecule has 1 saturated heterocycles. The van der Waals surface area contributed by atoms with E-state index in [-0.39, 0.29) is 11.7 Å². The van der Waals surface area contributed by atoms with Crippen molar-refractivity contribution in [3.8, 4) is 5.75 Å². The van der Waals surface area contributed by atoms with Gasteiger partial charge in [-0.15, -0.1) is 0 Å². The summed E-state index contributed by atoms with van der Waals surface area (Å²) in [6.45, 7) is 11.5. The second kappa shape index (κ2) is 17.1. The lowest BCUT2D eigenvalue weighted by Crippen LogP contribution is -2.34. The molecule has 0 aliphatic carbocycles. The smallest absolute Gasteiger partial charge is 0.243 e. The van der Waals surface area contributed by atoms with Gasteiger partial charge >= 0.3 is 0 Å². The number of nitrogens with one attached hydrogen (secondary N) is 1. The van der Waals surface area contributed by atoms with Gasteiger partial charge in [0.15, 0.2) is 0 Å². The fourth-order valence-electron chi connectivity index (χ4n) is 4.83. The Morgan fingerprint density at radius 1 is 1.00 bits per heavy atom. The first kappa shape index (κ1) is 31.7. The zero-order valence-electron chi connectivity index (χ0n) is 24.1. The van der Waals surface area contributed by atoms with Gasteiger partial charge in [0, 0.05) is 43.7 Å². The van der Waals surface area contributed by atoms with E-state index < -0.39 is 0 Å². The Hall–Kier alpha value is -2.82. The zero-order chi connectivity index (χ0) is 28.7. The number of benzene rings is 2. The molecule has 0 unspecified atom stereocenters. The van der Waals surface area contributed by atoms with E-state index in [0.717, 1.165) is 30.0 Å². The van der Waals surface area contributed by atoms with Gasteiger partial charge in [0.25, 0.3) is 0 Å². The third-order valence-electron chi connectivity index (χ3n) is 7.04. The molecule has 0 radical (unpaired) electrons. The quantitative estimate of drug-likeness (QED) is 0.223. The number of hydrogen-bond donors (Lipinski definition) is 1. The Bertz CT molecular complexity index is 1030. The van der Waals surface area contributed by atoms with Gasteiger partial charge in [-0.05, 0) is 56.4 Å². The fraction of sp³-hybridized carbons (Fsp3) is 0.516. The van der Waals surface area contributed by atoms with Crippen LogP contribution in [0.4, 0.5) is 4.39 Å². The van der Waals surface area contributed by atoms with Crippen LogP contribution in [-0.2, 0) is 25.5 Å². The number of likely N-dealkylation sites (N-methyl/N-ethyl adjacent to an activating group) is 1. The van der Waals surface area contributed by atoms with Crippen molar-refractivity contribution in [3.63, 3.8) is 0 Å². The number of amides is 1. The number of carbonyl (C=O) groups excluding carboxylic acids is 1. The Balaban J connectivity index is 1.31. The highest BCUT2D eigenvalue weighted by Gasteiger charge is 2.35. The summed E-state index contributed by atoms with van der Waals surface area (Å²) in [4.78, 5) is 15.6. The molecular weight excluding hydrogens is 513 g/mol. The topological polar surface area (TPSA) is 72.5 Å². The Morgan fingerprint density at radius 3 is 2.27 bits per heavy atom. The third kappa shape index (κ3) is 10.3. The van der Waals surface area contributed by atoms with Crippen LogP contribution in [0.5, 0.6) is 5.75 Å². The molecule has 0 spiro atoms. The summed E-state index contributed by atoms with van der Waals surface area (Å²) in [6, 6.07) is 13.9.